The summed E-state index contributed by atoms with van der Waals surface area (Å²) in [6, 6.07) is 0.360. The smallest absolute Gasteiger partial charge is 0.0165 e. The fourth-order valence-corrected chi connectivity index (χ4v) is 3.53. The molecule has 0 spiro atoms. The summed E-state index contributed by atoms with van der Waals surface area (Å²) < 4.78 is 0. The van der Waals surface area contributed by atoms with E-state index < -0.39 is 0 Å². The molecule has 2 rings (SSSR count). The van der Waals surface area contributed by atoms with Crippen molar-refractivity contribution in [3.8, 4) is 0 Å². The van der Waals surface area contributed by atoms with E-state index in [9.17, 15) is 0 Å². The molecule has 0 amide bonds. The molecular weight excluding hydrogens is 206 g/mol. The highest BCUT2D eigenvalue weighted by atomic mass is 14.7. The second-order valence-corrected chi connectivity index (χ2v) is 6.01. The van der Waals surface area contributed by atoms with E-state index in [0.29, 0.717) is 12.0 Å². The van der Waals surface area contributed by atoms with Crippen LogP contribution in [0.25, 0.3) is 0 Å². The molecule has 1 nitrogen and oxygen atoms in total. The van der Waals surface area contributed by atoms with Crippen molar-refractivity contribution in [2.24, 2.45) is 23.0 Å². The Morgan fingerprint density at radius 2 is 2.12 bits per heavy atom. The molecule has 96 valence electrons. The lowest BCUT2D eigenvalue weighted by atomic mass is 9.59. The highest BCUT2D eigenvalue weighted by Gasteiger charge is 2.43. The highest BCUT2D eigenvalue weighted by molar-refractivity contribution is 5.21. The molecule has 2 aliphatic rings. The van der Waals surface area contributed by atoms with Gasteiger partial charge in [0.05, 0.1) is 0 Å². The summed E-state index contributed by atoms with van der Waals surface area (Å²) in [7, 11) is 0. The maximum absolute atomic E-state index is 6.63. The van der Waals surface area contributed by atoms with Gasteiger partial charge in [0.1, 0.15) is 0 Å². The Labute approximate surface area is 106 Å². The summed E-state index contributed by atoms with van der Waals surface area (Å²) in [4.78, 5) is 0. The molecule has 3 atom stereocenters. The zero-order valence-electron chi connectivity index (χ0n) is 11.4. The fraction of sp³-hybridized carbons (Fsp3) is 0.750. The van der Waals surface area contributed by atoms with Gasteiger partial charge in [-0.05, 0) is 31.1 Å². The first-order valence-corrected chi connectivity index (χ1v) is 7.30. The van der Waals surface area contributed by atoms with Crippen molar-refractivity contribution in [1.82, 2.24) is 0 Å². The standard InChI is InChI=1S/C16H27N/c1-3-8-13(2)16(11-5-4-6-12-16)15(17)14-9-7-10-14/h4-6,11,13-15H,3,7-10,12,17H2,1-2H3. The number of hydrogen-bond acceptors (Lipinski definition) is 1. The minimum Gasteiger partial charge on any atom is -0.327 e. The minimum atomic E-state index is 0.232. The SMILES string of the molecule is CCCC(C)C1(C(N)C2CCC2)C=CC=CC1. The van der Waals surface area contributed by atoms with Gasteiger partial charge in [0.2, 0.25) is 0 Å². The van der Waals surface area contributed by atoms with Crippen molar-refractivity contribution in [3.05, 3.63) is 24.3 Å². The van der Waals surface area contributed by atoms with Crippen LogP contribution in [0.3, 0.4) is 0 Å². The zero-order valence-corrected chi connectivity index (χ0v) is 11.4. The van der Waals surface area contributed by atoms with Crippen molar-refractivity contribution in [3.63, 3.8) is 0 Å². The number of allylic oxidation sites excluding steroid dienone is 3. The third kappa shape index (κ3) is 2.35. The van der Waals surface area contributed by atoms with Crippen molar-refractivity contribution < 1.29 is 0 Å². The molecular formula is C16H27N. The molecule has 2 aliphatic carbocycles. The van der Waals surface area contributed by atoms with Gasteiger partial charge in [-0.25, -0.2) is 0 Å². The van der Waals surface area contributed by atoms with Gasteiger partial charge in [0, 0.05) is 11.5 Å². The van der Waals surface area contributed by atoms with Crippen molar-refractivity contribution in [2.75, 3.05) is 0 Å². The summed E-state index contributed by atoms with van der Waals surface area (Å²) in [6.07, 6.45) is 16.9. The van der Waals surface area contributed by atoms with Crippen LogP contribution in [0, 0.1) is 17.3 Å². The predicted molar refractivity (Wildman–Crippen MR) is 74.7 cm³/mol. The first-order valence-electron chi connectivity index (χ1n) is 7.30. The van der Waals surface area contributed by atoms with Crippen LogP contribution < -0.4 is 5.73 Å². The Morgan fingerprint density at radius 1 is 1.35 bits per heavy atom. The Balaban J connectivity index is 2.16. The third-order valence-corrected chi connectivity index (χ3v) is 5.04. The Kier molecular flexibility index (Phi) is 4.09. The molecule has 1 saturated carbocycles. The summed E-state index contributed by atoms with van der Waals surface area (Å²) in [5.74, 6) is 1.47. The van der Waals surface area contributed by atoms with Crippen LogP contribution in [0.4, 0.5) is 0 Å². The first kappa shape index (κ1) is 12.9. The van der Waals surface area contributed by atoms with Gasteiger partial charge in [0.25, 0.3) is 0 Å². The molecule has 0 bridgehead atoms. The minimum absolute atomic E-state index is 0.232. The molecule has 1 heteroatoms. The fourth-order valence-electron chi connectivity index (χ4n) is 3.53. The second-order valence-electron chi connectivity index (χ2n) is 6.01. The van der Waals surface area contributed by atoms with Crippen LogP contribution in [0.5, 0.6) is 0 Å². The van der Waals surface area contributed by atoms with Gasteiger partial charge < -0.3 is 5.73 Å². The van der Waals surface area contributed by atoms with E-state index in [-0.39, 0.29) is 5.41 Å². The van der Waals surface area contributed by atoms with Gasteiger partial charge in [-0.15, -0.1) is 0 Å². The van der Waals surface area contributed by atoms with E-state index in [2.05, 4.69) is 38.2 Å². The average molecular weight is 233 g/mol. The van der Waals surface area contributed by atoms with Crippen molar-refractivity contribution in [1.29, 1.82) is 0 Å². The molecule has 0 aliphatic heterocycles. The molecule has 0 heterocycles. The molecule has 0 aromatic rings. The number of nitrogens with two attached hydrogens (primary N) is 1. The van der Waals surface area contributed by atoms with E-state index in [4.69, 9.17) is 5.73 Å². The molecule has 1 fully saturated rings. The van der Waals surface area contributed by atoms with E-state index in [1.165, 1.54) is 32.1 Å². The maximum Gasteiger partial charge on any atom is 0.0165 e. The molecule has 2 N–H and O–H groups in total. The average Bonchev–Trinajstić information content (AvgIpc) is 2.28. The summed E-state index contributed by atoms with van der Waals surface area (Å²) in [5.41, 5.74) is 6.87. The Hall–Kier alpha value is -0.560. The van der Waals surface area contributed by atoms with Gasteiger partial charge in [-0.3, -0.25) is 0 Å². The van der Waals surface area contributed by atoms with Crippen LogP contribution in [0.2, 0.25) is 0 Å². The van der Waals surface area contributed by atoms with Gasteiger partial charge in [-0.1, -0.05) is 57.4 Å². The summed E-state index contributed by atoms with van der Waals surface area (Å²) in [6.45, 7) is 4.67. The molecule has 0 saturated heterocycles. The second kappa shape index (κ2) is 5.39. The van der Waals surface area contributed by atoms with Crippen molar-refractivity contribution in [2.45, 2.75) is 58.4 Å². The number of rotatable bonds is 5. The van der Waals surface area contributed by atoms with E-state index in [0.717, 1.165) is 12.3 Å². The molecule has 3 unspecified atom stereocenters. The summed E-state index contributed by atoms with van der Waals surface area (Å²) >= 11 is 0. The topological polar surface area (TPSA) is 26.0 Å². The predicted octanol–water partition coefficient (Wildman–Crippen LogP) is 4.05. The van der Waals surface area contributed by atoms with Crippen LogP contribution >= 0.6 is 0 Å². The van der Waals surface area contributed by atoms with E-state index in [1.807, 2.05) is 0 Å². The third-order valence-electron chi connectivity index (χ3n) is 5.04. The van der Waals surface area contributed by atoms with Crippen LogP contribution in [0.1, 0.15) is 52.4 Å². The van der Waals surface area contributed by atoms with Crippen LogP contribution in [-0.2, 0) is 0 Å². The van der Waals surface area contributed by atoms with Gasteiger partial charge >= 0.3 is 0 Å². The van der Waals surface area contributed by atoms with E-state index in [1.54, 1.807) is 0 Å². The lowest BCUT2D eigenvalue weighted by molar-refractivity contribution is 0.103. The molecule has 0 radical (unpaired) electrons. The van der Waals surface area contributed by atoms with Gasteiger partial charge in [-0.2, -0.15) is 0 Å². The Morgan fingerprint density at radius 3 is 2.59 bits per heavy atom. The largest absolute Gasteiger partial charge is 0.327 e. The molecule has 0 aromatic heterocycles. The number of hydrogen-bond donors (Lipinski definition) is 1. The zero-order chi connectivity index (χ0) is 12.3. The van der Waals surface area contributed by atoms with Crippen molar-refractivity contribution >= 4 is 0 Å². The monoisotopic (exact) mass is 233 g/mol. The molecule has 17 heavy (non-hydrogen) atoms. The highest BCUT2D eigenvalue weighted by Crippen LogP contribution is 2.47. The first-order chi connectivity index (χ1) is 8.20. The lowest BCUT2D eigenvalue weighted by Crippen LogP contribution is -2.51. The lowest BCUT2D eigenvalue weighted by Gasteiger charge is -2.48. The van der Waals surface area contributed by atoms with Gasteiger partial charge in [0.15, 0.2) is 0 Å². The normalized spacial score (nSPS) is 32.2. The maximum atomic E-state index is 6.63. The van der Waals surface area contributed by atoms with Crippen LogP contribution in [-0.4, -0.2) is 6.04 Å². The van der Waals surface area contributed by atoms with Crippen LogP contribution in [0.15, 0.2) is 24.3 Å². The molecule has 0 aromatic carbocycles. The van der Waals surface area contributed by atoms with E-state index >= 15 is 0 Å². The summed E-state index contributed by atoms with van der Waals surface area (Å²) in [5, 5.41) is 0. The quantitative estimate of drug-likeness (QED) is 0.761. The Bertz CT molecular complexity index is 301.